The van der Waals surface area contributed by atoms with E-state index in [4.69, 9.17) is 11.6 Å². The number of benzene rings is 1. The number of hydrogen-bond donors (Lipinski definition) is 1. The lowest BCUT2D eigenvalue weighted by atomic mass is 10.2. The van der Waals surface area contributed by atoms with Gasteiger partial charge in [0.05, 0.1) is 23.5 Å². The molecule has 0 fully saturated rings. The van der Waals surface area contributed by atoms with E-state index >= 15 is 0 Å². The highest BCUT2D eigenvalue weighted by molar-refractivity contribution is 8.02. The van der Waals surface area contributed by atoms with E-state index in [9.17, 15) is 0 Å². The molecule has 0 saturated carbocycles. The van der Waals surface area contributed by atoms with Gasteiger partial charge in [0.2, 0.25) is 0 Å². The van der Waals surface area contributed by atoms with E-state index in [1.54, 1.807) is 12.1 Å². The molecule has 0 atom stereocenters. The summed E-state index contributed by atoms with van der Waals surface area (Å²) >= 11 is 7.61. The first-order chi connectivity index (χ1) is 8.31. The van der Waals surface area contributed by atoms with Crippen LogP contribution in [-0.2, 0) is 0 Å². The predicted molar refractivity (Wildman–Crippen MR) is 78.4 cm³/mol. The minimum Gasteiger partial charge on any atom is -0.310 e. The molecular weight excluding hydrogens is 252 g/mol. The van der Waals surface area contributed by atoms with Crippen molar-refractivity contribution in [1.82, 2.24) is 0 Å². The van der Waals surface area contributed by atoms with Crippen molar-refractivity contribution in [3.8, 4) is 0 Å². The normalized spacial score (nSPS) is 15.2. The fourth-order valence-corrected chi connectivity index (χ4v) is 2.63. The number of rotatable bonds is 4. The molecule has 0 bridgehead atoms. The van der Waals surface area contributed by atoms with Crippen LogP contribution in [0.3, 0.4) is 0 Å². The largest absolute Gasteiger partial charge is 0.310 e. The highest BCUT2D eigenvalue weighted by Crippen LogP contribution is 2.38. The Kier molecular flexibility index (Phi) is 4.40. The maximum absolute atomic E-state index is 6.00. The van der Waals surface area contributed by atoms with Crippen molar-refractivity contribution in [1.29, 1.82) is 0 Å². The molecule has 0 saturated heterocycles. The first-order valence-corrected chi connectivity index (χ1v) is 6.78. The second kappa shape index (κ2) is 6.03. The molecule has 0 amide bonds. The third-order valence-electron chi connectivity index (χ3n) is 2.39. The number of hydrogen-bond acceptors (Lipinski definition) is 3. The summed E-state index contributed by atoms with van der Waals surface area (Å²) in [4.78, 5) is 0. The summed E-state index contributed by atoms with van der Waals surface area (Å²) in [7, 11) is 0. The number of para-hydroxylation sites is 2. The molecule has 1 heterocycles. The summed E-state index contributed by atoms with van der Waals surface area (Å²) in [5.74, 6) is 0. The SMILES string of the molecule is CC/C=C(Cl)\C=C/CN1SNc2ccccc21. The van der Waals surface area contributed by atoms with Gasteiger partial charge in [-0.3, -0.25) is 4.31 Å². The number of fused-ring (bicyclic) bond motifs is 1. The molecule has 0 spiro atoms. The summed E-state index contributed by atoms with van der Waals surface area (Å²) in [6.07, 6.45) is 6.99. The Morgan fingerprint density at radius 2 is 2.29 bits per heavy atom. The third-order valence-corrected chi connectivity index (χ3v) is 3.54. The summed E-state index contributed by atoms with van der Waals surface area (Å²) < 4.78 is 5.47. The number of allylic oxidation sites excluding steroid dienone is 3. The zero-order valence-electron chi connectivity index (χ0n) is 9.69. The average molecular weight is 267 g/mol. The monoisotopic (exact) mass is 266 g/mol. The van der Waals surface area contributed by atoms with Gasteiger partial charge in [-0.1, -0.05) is 42.8 Å². The van der Waals surface area contributed by atoms with Crippen molar-refractivity contribution in [3.63, 3.8) is 0 Å². The summed E-state index contributed by atoms with van der Waals surface area (Å²) in [6, 6.07) is 8.27. The maximum Gasteiger partial charge on any atom is 0.0730 e. The molecule has 4 heteroatoms. The van der Waals surface area contributed by atoms with Gasteiger partial charge in [0.25, 0.3) is 0 Å². The van der Waals surface area contributed by atoms with E-state index in [1.807, 2.05) is 24.3 Å². The Labute approximate surface area is 112 Å². The molecule has 0 radical (unpaired) electrons. The van der Waals surface area contributed by atoms with Gasteiger partial charge in [0.1, 0.15) is 0 Å². The Morgan fingerprint density at radius 3 is 3.12 bits per heavy atom. The first kappa shape index (κ1) is 12.4. The van der Waals surface area contributed by atoms with E-state index in [-0.39, 0.29) is 0 Å². The Morgan fingerprint density at radius 1 is 1.47 bits per heavy atom. The Hall–Kier alpha value is -1.06. The Bertz CT molecular complexity index is 443. The van der Waals surface area contributed by atoms with Crippen molar-refractivity contribution in [2.45, 2.75) is 13.3 Å². The minimum absolute atomic E-state index is 0.804. The fourth-order valence-electron chi connectivity index (χ4n) is 1.59. The fraction of sp³-hybridized carbons (Fsp3) is 0.231. The molecule has 90 valence electrons. The molecule has 17 heavy (non-hydrogen) atoms. The van der Waals surface area contributed by atoms with Crippen LogP contribution in [0.5, 0.6) is 0 Å². The zero-order chi connectivity index (χ0) is 12.1. The summed E-state index contributed by atoms with van der Waals surface area (Å²) in [5.41, 5.74) is 2.39. The zero-order valence-corrected chi connectivity index (χ0v) is 11.3. The number of nitrogens with one attached hydrogen (secondary N) is 1. The van der Waals surface area contributed by atoms with Gasteiger partial charge in [-0.15, -0.1) is 0 Å². The second-order valence-corrected chi connectivity index (χ2v) is 4.94. The standard InChI is InChI=1S/C13H15ClN2S/c1-2-6-11(14)7-5-10-16-13-9-4-3-8-12(13)15-17-16/h3-9,15H,2,10H2,1H3/b7-5-,11-6+. The number of halogens is 1. The number of anilines is 2. The van der Waals surface area contributed by atoms with E-state index in [1.165, 1.54) is 11.4 Å². The molecule has 1 aliphatic heterocycles. The molecule has 0 aliphatic carbocycles. The van der Waals surface area contributed by atoms with E-state index in [0.717, 1.165) is 18.0 Å². The van der Waals surface area contributed by atoms with E-state index in [0.29, 0.717) is 0 Å². The smallest absolute Gasteiger partial charge is 0.0730 e. The molecular formula is C13H15ClN2S. The van der Waals surface area contributed by atoms with Crippen LogP contribution < -0.4 is 9.03 Å². The van der Waals surface area contributed by atoms with Crippen molar-refractivity contribution < 1.29 is 0 Å². The number of nitrogens with zero attached hydrogens (tertiary/aromatic N) is 1. The van der Waals surface area contributed by atoms with Gasteiger partial charge in [-0.2, -0.15) is 0 Å². The van der Waals surface area contributed by atoms with Crippen molar-refractivity contribution in [2.24, 2.45) is 0 Å². The van der Waals surface area contributed by atoms with Crippen LogP contribution >= 0.6 is 23.7 Å². The highest BCUT2D eigenvalue weighted by atomic mass is 35.5. The maximum atomic E-state index is 6.00. The van der Waals surface area contributed by atoms with Gasteiger partial charge in [-0.05, 0) is 24.6 Å². The van der Waals surface area contributed by atoms with Crippen LogP contribution in [0, 0.1) is 0 Å². The molecule has 0 unspecified atom stereocenters. The molecule has 0 aromatic heterocycles. The van der Waals surface area contributed by atoms with Gasteiger partial charge >= 0.3 is 0 Å². The Balaban J connectivity index is 1.96. The van der Waals surface area contributed by atoms with Crippen molar-refractivity contribution >= 4 is 35.1 Å². The quantitative estimate of drug-likeness (QED) is 0.635. The van der Waals surface area contributed by atoms with Crippen molar-refractivity contribution in [2.75, 3.05) is 15.6 Å². The average Bonchev–Trinajstić information content (AvgIpc) is 2.73. The molecule has 1 aromatic carbocycles. The minimum atomic E-state index is 0.804. The van der Waals surface area contributed by atoms with E-state index in [2.05, 4.69) is 34.2 Å². The van der Waals surface area contributed by atoms with Gasteiger partial charge < -0.3 is 4.72 Å². The molecule has 1 aliphatic rings. The van der Waals surface area contributed by atoms with Crippen LogP contribution in [0.2, 0.25) is 0 Å². The second-order valence-electron chi connectivity index (χ2n) is 3.67. The summed E-state index contributed by atoms with van der Waals surface area (Å²) in [6.45, 7) is 2.91. The van der Waals surface area contributed by atoms with Crippen LogP contribution in [0.1, 0.15) is 13.3 Å². The van der Waals surface area contributed by atoms with Crippen LogP contribution in [0.15, 0.2) is 47.5 Å². The molecule has 2 rings (SSSR count). The van der Waals surface area contributed by atoms with Crippen LogP contribution in [-0.4, -0.2) is 6.54 Å². The third kappa shape index (κ3) is 3.20. The predicted octanol–water partition coefficient (Wildman–Crippen LogP) is 4.57. The molecule has 1 N–H and O–H groups in total. The molecule has 1 aromatic rings. The van der Waals surface area contributed by atoms with Gasteiger partial charge in [0, 0.05) is 11.6 Å². The van der Waals surface area contributed by atoms with Crippen LogP contribution in [0.4, 0.5) is 11.4 Å². The highest BCUT2D eigenvalue weighted by Gasteiger charge is 2.17. The van der Waals surface area contributed by atoms with Gasteiger partial charge in [-0.25, -0.2) is 0 Å². The van der Waals surface area contributed by atoms with Gasteiger partial charge in [0.15, 0.2) is 0 Å². The van der Waals surface area contributed by atoms with Crippen molar-refractivity contribution in [3.05, 3.63) is 47.5 Å². The summed E-state index contributed by atoms with van der Waals surface area (Å²) in [5, 5.41) is 0.804. The molecule has 2 nitrogen and oxygen atoms in total. The lowest BCUT2D eigenvalue weighted by Crippen LogP contribution is -2.10. The lowest BCUT2D eigenvalue weighted by molar-refractivity contribution is 1.21. The van der Waals surface area contributed by atoms with E-state index < -0.39 is 0 Å². The lowest BCUT2D eigenvalue weighted by Gasteiger charge is -2.12. The topological polar surface area (TPSA) is 15.3 Å². The first-order valence-electron chi connectivity index (χ1n) is 5.63. The van der Waals surface area contributed by atoms with Crippen LogP contribution in [0.25, 0.3) is 0 Å².